The van der Waals surface area contributed by atoms with Gasteiger partial charge >= 0.3 is 0 Å². The monoisotopic (exact) mass is 388 g/mol. The van der Waals surface area contributed by atoms with Crippen molar-refractivity contribution in [2.75, 3.05) is 0 Å². The van der Waals surface area contributed by atoms with Gasteiger partial charge in [-0.1, -0.05) is 48.5 Å². The summed E-state index contributed by atoms with van der Waals surface area (Å²) in [5, 5.41) is 4.04. The lowest BCUT2D eigenvalue weighted by Crippen LogP contribution is -2.30. The molecule has 3 aromatic rings. The van der Waals surface area contributed by atoms with Crippen LogP contribution in [-0.4, -0.2) is 19.5 Å². The van der Waals surface area contributed by atoms with Crippen LogP contribution in [0.15, 0.2) is 57.9 Å². The van der Waals surface area contributed by atoms with E-state index in [0.717, 1.165) is 17.7 Å². The van der Waals surface area contributed by atoms with Crippen LogP contribution in [0.3, 0.4) is 0 Å². The van der Waals surface area contributed by atoms with Gasteiger partial charge in [0, 0.05) is 12.0 Å². The van der Waals surface area contributed by atoms with Crippen molar-refractivity contribution in [1.29, 1.82) is 0 Å². The fourth-order valence-corrected chi connectivity index (χ4v) is 3.77. The molecule has 1 aromatic heterocycles. The van der Waals surface area contributed by atoms with Gasteiger partial charge in [0.25, 0.3) is 10.0 Å². The van der Waals surface area contributed by atoms with Crippen molar-refractivity contribution in [3.05, 3.63) is 60.1 Å². The number of nitrogens with one attached hydrogen (secondary N) is 1. The van der Waals surface area contributed by atoms with Crippen LogP contribution >= 0.6 is 0 Å². The third-order valence-corrected chi connectivity index (χ3v) is 5.40. The minimum Gasteiger partial charge on any atom is -0.360 e. The standard InChI is InChI=1S/C19H17FN2O4S/c1-3-17(23)22-27(24,25)16-10-9-14(11-15(16)20)18-12(2)26-21-19(18)13-7-5-4-6-8-13/h4-11H,3H2,1-2H3,(H,22,23). The molecule has 1 N–H and O–H groups in total. The second-order valence-corrected chi connectivity index (χ2v) is 7.51. The van der Waals surface area contributed by atoms with E-state index in [9.17, 15) is 17.6 Å². The van der Waals surface area contributed by atoms with Crippen LogP contribution in [0, 0.1) is 12.7 Å². The molecule has 140 valence electrons. The van der Waals surface area contributed by atoms with Crippen molar-refractivity contribution in [2.24, 2.45) is 0 Å². The number of sulfonamides is 1. The van der Waals surface area contributed by atoms with Crippen LogP contribution in [-0.2, 0) is 14.8 Å². The first kappa shape index (κ1) is 18.8. The molecule has 0 saturated heterocycles. The van der Waals surface area contributed by atoms with Gasteiger partial charge in [0.2, 0.25) is 5.91 Å². The number of aryl methyl sites for hydroxylation is 1. The number of hydrogen-bond donors (Lipinski definition) is 1. The minimum absolute atomic E-state index is 0.0285. The Balaban J connectivity index is 2.06. The number of carbonyl (C=O) groups is 1. The van der Waals surface area contributed by atoms with E-state index < -0.39 is 26.6 Å². The van der Waals surface area contributed by atoms with E-state index in [0.29, 0.717) is 22.6 Å². The lowest BCUT2D eigenvalue weighted by atomic mass is 9.99. The first-order valence-corrected chi connectivity index (χ1v) is 9.69. The first-order valence-electron chi connectivity index (χ1n) is 8.20. The van der Waals surface area contributed by atoms with Gasteiger partial charge in [-0.25, -0.2) is 17.5 Å². The zero-order chi connectivity index (χ0) is 19.6. The molecule has 6 nitrogen and oxygen atoms in total. The largest absolute Gasteiger partial charge is 0.360 e. The molecule has 0 saturated carbocycles. The van der Waals surface area contributed by atoms with Crippen LogP contribution in [0.1, 0.15) is 19.1 Å². The molecule has 1 amide bonds. The molecule has 0 aliphatic carbocycles. The van der Waals surface area contributed by atoms with E-state index >= 15 is 0 Å². The second-order valence-electron chi connectivity index (χ2n) is 5.86. The second kappa shape index (κ2) is 7.32. The maximum atomic E-state index is 14.6. The summed E-state index contributed by atoms with van der Waals surface area (Å²) >= 11 is 0. The summed E-state index contributed by atoms with van der Waals surface area (Å²) in [6.07, 6.45) is -0.0285. The molecule has 0 unspecified atom stereocenters. The summed E-state index contributed by atoms with van der Waals surface area (Å²) in [7, 11) is -4.27. The Bertz CT molecular complexity index is 1090. The fourth-order valence-electron chi connectivity index (χ4n) is 2.66. The number of hydrogen-bond acceptors (Lipinski definition) is 5. The number of amides is 1. The van der Waals surface area contributed by atoms with E-state index in [1.807, 2.05) is 35.1 Å². The Morgan fingerprint density at radius 3 is 2.48 bits per heavy atom. The molecule has 27 heavy (non-hydrogen) atoms. The highest BCUT2D eigenvalue weighted by molar-refractivity contribution is 7.90. The van der Waals surface area contributed by atoms with Gasteiger partial charge in [0.1, 0.15) is 22.2 Å². The molecular weight excluding hydrogens is 371 g/mol. The average Bonchev–Trinajstić information content (AvgIpc) is 3.03. The Morgan fingerprint density at radius 1 is 1.15 bits per heavy atom. The summed E-state index contributed by atoms with van der Waals surface area (Å²) in [4.78, 5) is 10.8. The summed E-state index contributed by atoms with van der Waals surface area (Å²) in [5.74, 6) is -1.20. The molecule has 0 atom stereocenters. The molecule has 3 rings (SSSR count). The van der Waals surface area contributed by atoms with E-state index in [-0.39, 0.29) is 6.42 Å². The molecule has 0 spiro atoms. The van der Waals surface area contributed by atoms with Gasteiger partial charge in [-0.05, 0) is 24.6 Å². The third-order valence-electron chi connectivity index (χ3n) is 3.99. The van der Waals surface area contributed by atoms with Crippen LogP contribution in [0.25, 0.3) is 22.4 Å². The normalized spacial score (nSPS) is 11.4. The quantitative estimate of drug-likeness (QED) is 0.720. The van der Waals surface area contributed by atoms with Crippen LogP contribution in [0.5, 0.6) is 0 Å². The van der Waals surface area contributed by atoms with Gasteiger partial charge in [-0.15, -0.1) is 0 Å². The number of carbonyl (C=O) groups excluding carboxylic acids is 1. The van der Waals surface area contributed by atoms with Gasteiger partial charge in [-0.2, -0.15) is 0 Å². The van der Waals surface area contributed by atoms with Crippen LogP contribution < -0.4 is 4.72 Å². The molecule has 1 heterocycles. The molecule has 0 aliphatic rings. The fraction of sp³-hybridized carbons (Fsp3) is 0.158. The van der Waals surface area contributed by atoms with Crippen LogP contribution in [0.2, 0.25) is 0 Å². The highest BCUT2D eigenvalue weighted by atomic mass is 32.2. The highest BCUT2D eigenvalue weighted by Gasteiger charge is 2.23. The predicted molar refractivity (Wildman–Crippen MR) is 97.7 cm³/mol. The van der Waals surface area contributed by atoms with Gasteiger partial charge < -0.3 is 4.52 Å². The summed E-state index contributed by atoms with van der Waals surface area (Å²) in [5.41, 5.74) is 2.31. The highest BCUT2D eigenvalue weighted by Crippen LogP contribution is 2.35. The smallest absolute Gasteiger partial charge is 0.266 e. The lowest BCUT2D eigenvalue weighted by Gasteiger charge is -2.09. The van der Waals surface area contributed by atoms with Crippen molar-refractivity contribution in [3.8, 4) is 22.4 Å². The Kier molecular flexibility index (Phi) is 5.09. The van der Waals surface area contributed by atoms with Gasteiger partial charge in [-0.3, -0.25) is 4.79 Å². The maximum Gasteiger partial charge on any atom is 0.266 e. The topological polar surface area (TPSA) is 89.3 Å². The van der Waals surface area contributed by atoms with Crippen molar-refractivity contribution in [3.63, 3.8) is 0 Å². The first-order chi connectivity index (χ1) is 12.8. The van der Waals surface area contributed by atoms with Gasteiger partial charge in [0.05, 0.1) is 5.56 Å². The maximum absolute atomic E-state index is 14.6. The van der Waals surface area contributed by atoms with Crippen molar-refractivity contribution in [2.45, 2.75) is 25.2 Å². The van der Waals surface area contributed by atoms with Gasteiger partial charge in [0.15, 0.2) is 0 Å². The molecule has 0 bridgehead atoms. The number of rotatable bonds is 5. The van der Waals surface area contributed by atoms with E-state index in [1.165, 1.54) is 13.0 Å². The zero-order valence-electron chi connectivity index (χ0n) is 14.7. The molecule has 2 aromatic carbocycles. The third kappa shape index (κ3) is 3.75. The summed E-state index contributed by atoms with van der Waals surface area (Å²) < 4.78 is 46.0. The van der Waals surface area contributed by atoms with E-state index in [2.05, 4.69) is 5.16 Å². The van der Waals surface area contributed by atoms with E-state index in [4.69, 9.17) is 4.52 Å². The van der Waals surface area contributed by atoms with Crippen molar-refractivity contribution < 1.29 is 22.1 Å². The number of halogens is 1. The Hall–Kier alpha value is -3.00. The SMILES string of the molecule is CCC(=O)NS(=O)(=O)c1ccc(-c2c(-c3ccccc3)noc2C)cc1F. The Morgan fingerprint density at radius 2 is 1.85 bits per heavy atom. The average molecular weight is 388 g/mol. The predicted octanol–water partition coefficient (Wildman–Crippen LogP) is 3.67. The van der Waals surface area contributed by atoms with E-state index in [1.54, 1.807) is 6.92 Å². The number of aromatic nitrogens is 1. The summed E-state index contributed by atoms with van der Waals surface area (Å²) in [6.45, 7) is 3.20. The molecule has 0 radical (unpaired) electrons. The minimum atomic E-state index is -4.27. The molecule has 8 heteroatoms. The number of benzene rings is 2. The Labute approximate surface area is 156 Å². The summed E-state index contributed by atoms with van der Waals surface area (Å²) in [6, 6.07) is 12.9. The molecule has 0 aliphatic heterocycles. The lowest BCUT2D eigenvalue weighted by molar-refractivity contribution is -0.119. The number of nitrogens with zero attached hydrogens (tertiary/aromatic N) is 1. The molecular formula is C19H17FN2O4S. The molecule has 0 fully saturated rings. The zero-order valence-corrected chi connectivity index (χ0v) is 15.5. The van der Waals surface area contributed by atoms with Crippen molar-refractivity contribution >= 4 is 15.9 Å². The van der Waals surface area contributed by atoms with Crippen LogP contribution in [0.4, 0.5) is 4.39 Å². The van der Waals surface area contributed by atoms with Crippen molar-refractivity contribution in [1.82, 2.24) is 9.88 Å².